The van der Waals surface area contributed by atoms with Gasteiger partial charge in [0.15, 0.2) is 0 Å². The molecule has 0 aliphatic carbocycles. The number of halogens is 5. The van der Waals surface area contributed by atoms with Crippen LogP contribution in [0.2, 0.25) is 5.02 Å². The van der Waals surface area contributed by atoms with Gasteiger partial charge in [0, 0.05) is 17.4 Å². The fourth-order valence-electron chi connectivity index (χ4n) is 1.14. The molecular formula is C10H10BrClF3N. The molecule has 16 heavy (non-hydrogen) atoms. The van der Waals surface area contributed by atoms with Gasteiger partial charge in [-0.25, -0.2) is 0 Å². The summed E-state index contributed by atoms with van der Waals surface area (Å²) in [6.45, 7) is 0.251. The lowest BCUT2D eigenvalue weighted by atomic mass is 10.2. The second kappa shape index (κ2) is 5.77. The normalized spacial score (nSPS) is 11.6. The number of hydrogen-bond acceptors (Lipinski definition) is 1. The molecule has 6 heteroatoms. The highest BCUT2D eigenvalue weighted by Gasteiger charge is 2.25. The maximum absolute atomic E-state index is 11.9. The lowest BCUT2D eigenvalue weighted by Crippen LogP contribution is -2.11. The Hall–Kier alpha value is -0.420. The van der Waals surface area contributed by atoms with Crippen LogP contribution >= 0.6 is 27.5 Å². The van der Waals surface area contributed by atoms with Gasteiger partial charge >= 0.3 is 6.18 Å². The van der Waals surface area contributed by atoms with Gasteiger partial charge in [-0.2, -0.15) is 13.2 Å². The molecule has 0 bridgehead atoms. The molecule has 90 valence electrons. The van der Waals surface area contributed by atoms with E-state index in [-0.39, 0.29) is 13.0 Å². The first kappa shape index (κ1) is 13.6. The summed E-state index contributed by atoms with van der Waals surface area (Å²) >= 11 is 9.13. The van der Waals surface area contributed by atoms with Gasteiger partial charge in [-0.05, 0) is 24.6 Å². The Balaban J connectivity index is 2.38. The van der Waals surface area contributed by atoms with Crippen molar-refractivity contribution in [3.05, 3.63) is 27.7 Å². The van der Waals surface area contributed by atoms with E-state index in [1.165, 1.54) is 0 Å². The van der Waals surface area contributed by atoms with Crippen LogP contribution in [-0.2, 0) is 0 Å². The molecule has 0 amide bonds. The van der Waals surface area contributed by atoms with Crippen LogP contribution in [0.3, 0.4) is 0 Å². The number of nitrogens with one attached hydrogen (secondary N) is 1. The fraction of sp³-hybridized carbons (Fsp3) is 0.400. The van der Waals surface area contributed by atoms with Gasteiger partial charge in [-0.15, -0.1) is 0 Å². The number of anilines is 1. The Morgan fingerprint density at radius 2 is 2.00 bits per heavy atom. The number of benzene rings is 1. The van der Waals surface area contributed by atoms with Crippen LogP contribution in [0.4, 0.5) is 18.9 Å². The zero-order valence-electron chi connectivity index (χ0n) is 8.24. The van der Waals surface area contributed by atoms with E-state index in [1.807, 2.05) is 0 Å². The molecule has 0 fully saturated rings. The highest BCUT2D eigenvalue weighted by molar-refractivity contribution is 9.10. The quantitative estimate of drug-likeness (QED) is 0.782. The minimum Gasteiger partial charge on any atom is -0.384 e. The molecule has 1 aromatic carbocycles. The highest BCUT2D eigenvalue weighted by atomic mass is 79.9. The van der Waals surface area contributed by atoms with E-state index in [4.69, 9.17) is 11.6 Å². The van der Waals surface area contributed by atoms with Gasteiger partial charge in [-0.3, -0.25) is 0 Å². The van der Waals surface area contributed by atoms with Crippen molar-refractivity contribution in [1.29, 1.82) is 0 Å². The fourth-order valence-corrected chi connectivity index (χ4v) is 1.88. The number of alkyl halides is 3. The molecule has 0 saturated heterocycles. The van der Waals surface area contributed by atoms with E-state index in [1.54, 1.807) is 18.2 Å². The Morgan fingerprint density at radius 1 is 1.31 bits per heavy atom. The van der Waals surface area contributed by atoms with Gasteiger partial charge in [0.2, 0.25) is 0 Å². The largest absolute Gasteiger partial charge is 0.389 e. The smallest absolute Gasteiger partial charge is 0.384 e. The molecule has 1 N–H and O–H groups in total. The first-order chi connectivity index (χ1) is 7.38. The van der Waals surface area contributed by atoms with Crippen LogP contribution < -0.4 is 5.32 Å². The Bertz CT molecular complexity index is 354. The van der Waals surface area contributed by atoms with Crippen LogP contribution in [0.1, 0.15) is 12.8 Å². The molecule has 0 unspecified atom stereocenters. The maximum atomic E-state index is 11.9. The summed E-state index contributed by atoms with van der Waals surface area (Å²) in [5, 5.41) is 3.35. The van der Waals surface area contributed by atoms with E-state index >= 15 is 0 Å². The first-order valence-electron chi connectivity index (χ1n) is 4.64. The summed E-state index contributed by atoms with van der Waals surface area (Å²) < 4.78 is 36.4. The minimum atomic E-state index is -4.09. The Morgan fingerprint density at radius 3 is 2.56 bits per heavy atom. The second-order valence-electron chi connectivity index (χ2n) is 3.27. The molecule has 1 aromatic rings. The Kier molecular flexibility index (Phi) is 4.92. The van der Waals surface area contributed by atoms with Gasteiger partial charge in [0.1, 0.15) is 0 Å². The predicted octanol–water partition coefficient (Wildman–Crippen LogP) is 4.86. The third kappa shape index (κ3) is 5.07. The van der Waals surface area contributed by atoms with Crippen molar-refractivity contribution in [3.63, 3.8) is 0 Å². The lowest BCUT2D eigenvalue weighted by Gasteiger charge is -2.09. The molecule has 0 aliphatic heterocycles. The van der Waals surface area contributed by atoms with E-state index in [0.29, 0.717) is 10.7 Å². The maximum Gasteiger partial charge on any atom is 0.389 e. The molecular weight excluding hydrogens is 306 g/mol. The van der Waals surface area contributed by atoms with Crippen molar-refractivity contribution >= 4 is 33.2 Å². The molecule has 1 nitrogen and oxygen atoms in total. The molecule has 1 rings (SSSR count). The average molecular weight is 317 g/mol. The van der Waals surface area contributed by atoms with Crippen molar-refractivity contribution in [2.45, 2.75) is 19.0 Å². The summed E-state index contributed by atoms with van der Waals surface area (Å²) in [6, 6.07) is 5.19. The highest BCUT2D eigenvalue weighted by Crippen LogP contribution is 2.26. The van der Waals surface area contributed by atoms with Crippen molar-refractivity contribution in [1.82, 2.24) is 0 Å². The first-order valence-corrected chi connectivity index (χ1v) is 5.81. The van der Waals surface area contributed by atoms with Crippen LogP contribution in [-0.4, -0.2) is 12.7 Å². The zero-order chi connectivity index (χ0) is 12.2. The van der Waals surface area contributed by atoms with Gasteiger partial charge < -0.3 is 5.32 Å². The van der Waals surface area contributed by atoms with Gasteiger partial charge in [0.05, 0.1) is 10.7 Å². The van der Waals surface area contributed by atoms with Gasteiger partial charge in [0.25, 0.3) is 0 Å². The summed E-state index contributed by atoms with van der Waals surface area (Å²) in [7, 11) is 0. The standard InChI is InChI=1S/C10H10BrClF3N/c11-7-2-3-9(8(12)6-7)16-5-1-4-10(13,14)15/h2-3,6,16H,1,4-5H2. The Labute approximate surface area is 105 Å². The predicted molar refractivity (Wildman–Crippen MR) is 62.9 cm³/mol. The number of rotatable bonds is 4. The minimum absolute atomic E-state index is 0.0376. The molecule has 0 saturated carbocycles. The van der Waals surface area contributed by atoms with Crippen LogP contribution in [0.25, 0.3) is 0 Å². The van der Waals surface area contributed by atoms with E-state index in [0.717, 1.165) is 4.47 Å². The van der Waals surface area contributed by atoms with Crippen LogP contribution in [0.5, 0.6) is 0 Å². The average Bonchev–Trinajstić information content (AvgIpc) is 2.13. The molecule has 0 aromatic heterocycles. The van der Waals surface area contributed by atoms with E-state index in [2.05, 4.69) is 21.2 Å². The third-order valence-corrected chi connectivity index (χ3v) is 2.69. The zero-order valence-corrected chi connectivity index (χ0v) is 10.6. The molecule has 0 radical (unpaired) electrons. The number of hydrogen-bond donors (Lipinski definition) is 1. The summed E-state index contributed by atoms with van der Waals surface area (Å²) in [6.07, 6.45) is -4.84. The summed E-state index contributed by atoms with van der Waals surface area (Å²) in [5.41, 5.74) is 0.645. The molecule has 0 heterocycles. The van der Waals surface area contributed by atoms with E-state index in [9.17, 15) is 13.2 Å². The van der Waals surface area contributed by atoms with Crippen molar-refractivity contribution in [2.24, 2.45) is 0 Å². The lowest BCUT2D eigenvalue weighted by molar-refractivity contribution is -0.134. The second-order valence-corrected chi connectivity index (χ2v) is 4.59. The summed E-state index contributed by atoms with van der Waals surface area (Å²) in [4.78, 5) is 0. The SMILES string of the molecule is FC(F)(F)CCCNc1ccc(Br)cc1Cl. The van der Waals surface area contributed by atoms with Crippen molar-refractivity contribution < 1.29 is 13.2 Å². The van der Waals surface area contributed by atoms with Crippen molar-refractivity contribution in [3.8, 4) is 0 Å². The molecule has 0 atom stereocenters. The van der Waals surface area contributed by atoms with Gasteiger partial charge in [-0.1, -0.05) is 27.5 Å². The monoisotopic (exact) mass is 315 g/mol. The van der Waals surface area contributed by atoms with E-state index < -0.39 is 12.6 Å². The van der Waals surface area contributed by atoms with Crippen LogP contribution in [0.15, 0.2) is 22.7 Å². The van der Waals surface area contributed by atoms with Crippen molar-refractivity contribution in [2.75, 3.05) is 11.9 Å². The molecule has 0 aliphatic rings. The summed E-state index contributed by atoms with van der Waals surface area (Å²) in [5.74, 6) is 0. The molecule has 0 spiro atoms. The van der Waals surface area contributed by atoms with Crippen LogP contribution in [0, 0.1) is 0 Å². The third-order valence-electron chi connectivity index (χ3n) is 1.88. The topological polar surface area (TPSA) is 12.0 Å².